The molecule has 0 N–H and O–H groups in total. The molecule has 3 rings (SSSR count). The Morgan fingerprint density at radius 2 is 1.88 bits per heavy atom. The molecule has 0 fully saturated rings. The second kappa shape index (κ2) is 7.14. The molecule has 25 heavy (non-hydrogen) atoms. The lowest BCUT2D eigenvalue weighted by molar-refractivity contribution is 0.112. The average molecular weight is 376 g/mol. The second-order valence-electron chi connectivity index (χ2n) is 6.19. The number of anilines is 1. The van der Waals surface area contributed by atoms with E-state index in [0.29, 0.717) is 10.6 Å². The molecule has 1 heterocycles. The number of thiophene rings is 1. The Hall–Kier alpha value is -1.92. The number of aryl methyl sites for hydroxylation is 2. The number of aldehydes is 1. The fraction of sp³-hybridized carbons (Fsp3) is 0.316. The van der Waals surface area contributed by atoms with E-state index in [2.05, 4.69) is 6.58 Å². The van der Waals surface area contributed by atoms with Crippen LogP contribution in [0.5, 0.6) is 0 Å². The van der Waals surface area contributed by atoms with Gasteiger partial charge in [-0.2, -0.15) is 0 Å². The summed E-state index contributed by atoms with van der Waals surface area (Å²) in [6, 6.07) is 6.77. The van der Waals surface area contributed by atoms with Crippen LogP contribution in [-0.2, 0) is 22.9 Å². The number of nitrogens with zero attached hydrogens (tertiary/aromatic N) is 1. The molecule has 1 aliphatic rings. The van der Waals surface area contributed by atoms with E-state index in [0.717, 1.165) is 48.0 Å². The number of sulfonamides is 1. The van der Waals surface area contributed by atoms with Gasteiger partial charge in [0.25, 0.3) is 10.0 Å². The van der Waals surface area contributed by atoms with Crippen LogP contribution in [0.15, 0.2) is 41.8 Å². The van der Waals surface area contributed by atoms with E-state index in [1.54, 1.807) is 30.3 Å². The van der Waals surface area contributed by atoms with Crippen molar-refractivity contribution in [2.45, 2.75) is 37.5 Å². The summed E-state index contributed by atoms with van der Waals surface area (Å²) in [6.45, 7) is 5.74. The van der Waals surface area contributed by atoms with Gasteiger partial charge in [-0.25, -0.2) is 8.42 Å². The fourth-order valence-electron chi connectivity index (χ4n) is 3.13. The van der Waals surface area contributed by atoms with Crippen molar-refractivity contribution in [1.29, 1.82) is 0 Å². The zero-order valence-corrected chi connectivity index (χ0v) is 15.8. The van der Waals surface area contributed by atoms with Crippen molar-refractivity contribution in [3.05, 3.63) is 58.5 Å². The molecule has 6 heteroatoms. The minimum absolute atomic E-state index is 0.135. The van der Waals surface area contributed by atoms with Crippen LogP contribution in [0.1, 0.15) is 39.2 Å². The minimum atomic E-state index is -3.75. The zero-order chi connectivity index (χ0) is 18.0. The number of carbonyl (C=O) groups is 1. The first-order valence-electron chi connectivity index (χ1n) is 8.29. The maximum atomic E-state index is 13.2. The predicted octanol–water partition coefficient (Wildman–Crippen LogP) is 4.13. The normalized spacial score (nSPS) is 14.0. The summed E-state index contributed by atoms with van der Waals surface area (Å²) in [4.78, 5) is 13.1. The van der Waals surface area contributed by atoms with Crippen molar-refractivity contribution >= 4 is 32.6 Å². The maximum absolute atomic E-state index is 13.2. The summed E-state index contributed by atoms with van der Waals surface area (Å²) >= 11 is 1.43. The maximum Gasteiger partial charge on any atom is 0.265 e. The first-order valence-corrected chi connectivity index (χ1v) is 10.5. The average Bonchev–Trinajstić information content (AvgIpc) is 2.97. The predicted molar refractivity (Wildman–Crippen MR) is 102 cm³/mol. The van der Waals surface area contributed by atoms with Crippen LogP contribution >= 0.6 is 11.3 Å². The lowest BCUT2D eigenvalue weighted by atomic mass is 9.96. The lowest BCUT2D eigenvalue weighted by Crippen LogP contribution is -2.31. The van der Waals surface area contributed by atoms with E-state index in [4.69, 9.17) is 0 Å². The van der Waals surface area contributed by atoms with Gasteiger partial charge in [-0.1, -0.05) is 23.8 Å². The third kappa shape index (κ3) is 3.28. The van der Waals surface area contributed by atoms with Crippen molar-refractivity contribution < 1.29 is 13.2 Å². The summed E-state index contributed by atoms with van der Waals surface area (Å²) in [5, 5.41) is 0.516. The molecule has 0 unspecified atom stereocenters. The summed E-state index contributed by atoms with van der Waals surface area (Å²) in [6.07, 6.45) is 6.23. The Morgan fingerprint density at radius 1 is 1.20 bits per heavy atom. The van der Waals surface area contributed by atoms with E-state index >= 15 is 0 Å². The number of fused-ring (bicyclic) bond motifs is 1. The van der Waals surface area contributed by atoms with Crippen molar-refractivity contribution in [3.8, 4) is 0 Å². The molecular weight excluding hydrogens is 354 g/mol. The number of hydrogen-bond donors (Lipinski definition) is 0. The monoisotopic (exact) mass is 375 g/mol. The van der Waals surface area contributed by atoms with Crippen molar-refractivity contribution in [1.82, 2.24) is 0 Å². The molecule has 0 spiro atoms. The molecule has 0 saturated heterocycles. The summed E-state index contributed by atoms with van der Waals surface area (Å²) in [5.74, 6) is 0. The Labute approximate surface area is 152 Å². The first kappa shape index (κ1) is 17.9. The molecule has 0 bridgehead atoms. The van der Waals surface area contributed by atoms with Crippen LogP contribution in [0.25, 0.3) is 0 Å². The van der Waals surface area contributed by atoms with Crippen LogP contribution in [0.4, 0.5) is 5.00 Å². The van der Waals surface area contributed by atoms with Crippen molar-refractivity contribution in [3.63, 3.8) is 0 Å². The second-order valence-corrected chi connectivity index (χ2v) is 9.13. The van der Waals surface area contributed by atoms with Crippen LogP contribution in [0.2, 0.25) is 0 Å². The molecule has 0 aliphatic heterocycles. The van der Waals surface area contributed by atoms with Gasteiger partial charge in [-0.15, -0.1) is 17.9 Å². The highest BCUT2D eigenvalue weighted by atomic mass is 32.2. The van der Waals surface area contributed by atoms with Crippen molar-refractivity contribution in [2.75, 3.05) is 10.8 Å². The van der Waals surface area contributed by atoms with Gasteiger partial charge >= 0.3 is 0 Å². The molecule has 0 saturated carbocycles. The molecule has 0 atom stereocenters. The van der Waals surface area contributed by atoms with Gasteiger partial charge < -0.3 is 0 Å². The van der Waals surface area contributed by atoms with Crippen molar-refractivity contribution in [2.24, 2.45) is 0 Å². The van der Waals surface area contributed by atoms with Crippen LogP contribution in [-0.4, -0.2) is 21.2 Å². The van der Waals surface area contributed by atoms with Gasteiger partial charge in [0.2, 0.25) is 0 Å². The minimum Gasteiger partial charge on any atom is -0.298 e. The van der Waals surface area contributed by atoms with Gasteiger partial charge in [0.15, 0.2) is 6.29 Å². The summed E-state index contributed by atoms with van der Waals surface area (Å²) in [5.41, 5.74) is 2.54. The third-order valence-electron chi connectivity index (χ3n) is 4.44. The van der Waals surface area contributed by atoms with Crippen LogP contribution in [0, 0.1) is 6.92 Å². The highest BCUT2D eigenvalue weighted by molar-refractivity contribution is 7.93. The van der Waals surface area contributed by atoms with Gasteiger partial charge in [0.1, 0.15) is 5.00 Å². The SMILES string of the molecule is C=CCN(c1sc2c(c1C=O)CCCC2)S(=O)(=O)c1ccc(C)cc1. The topological polar surface area (TPSA) is 54.5 Å². The molecule has 1 aromatic carbocycles. The number of hydrogen-bond acceptors (Lipinski definition) is 4. The third-order valence-corrected chi connectivity index (χ3v) is 7.67. The molecular formula is C19H21NO3S2. The quantitative estimate of drug-likeness (QED) is 0.563. The number of carbonyl (C=O) groups excluding carboxylic acids is 1. The van der Waals surface area contributed by atoms with E-state index in [-0.39, 0.29) is 11.4 Å². The number of rotatable bonds is 6. The molecule has 132 valence electrons. The van der Waals surface area contributed by atoms with Gasteiger partial charge in [0, 0.05) is 4.88 Å². The lowest BCUT2D eigenvalue weighted by Gasteiger charge is -2.22. The molecule has 1 aliphatic carbocycles. The smallest absolute Gasteiger partial charge is 0.265 e. The van der Waals surface area contributed by atoms with E-state index in [9.17, 15) is 13.2 Å². The van der Waals surface area contributed by atoms with Gasteiger partial charge in [0.05, 0.1) is 17.0 Å². The Bertz CT molecular complexity index is 895. The standard InChI is InChI=1S/C19H21NO3S2/c1-3-12-20(25(22,23)15-10-8-14(2)9-11-15)19-17(13-21)16-6-4-5-7-18(16)24-19/h3,8-11,13H,1,4-7,12H2,2H3. The summed E-state index contributed by atoms with van der Waals surface area (Å²) in [7, 11) is -3.75. The highest BCUT2D eigenvalue weighted by Gasteiger charge is 2.30. The molecule has 1 aromatic heterocycles. The highest BCUT2D eigenvalue weighted by Crippen LogP contribution is 2.41. The molecule has 2 aromatic rings. The fourth-order valence-corrected chi connectivity index (χ4v) is 6.16. The van der Waals surface area contributed by atoms with Crippen LogP contribution < -0.4 is 4.31 Å². The Balaban J connectivity index is 2.13. The molecule has 0 radical (unpaired) electrons. The molecule has 4 nitrogen and oxygen atoms in total. The van der Waals surface area contributed by atoms with Gasteiger partial charge in [-0.05, 0) is 50.3 Å². The largest absolute Gasteiger partial charge is 0.298 e. The van der Waals surface area contributed by atoms with Crippen LogP contribution in [0.3, 0.4) is 0 Å². The van der Waals surface area contributed by atoms with Gasteiger partial charge in [-0.3, -0.25) is 9.10 Å². The van der Waals surface area contributed by atoms with E-state index in [1.165, 1.54) is 15.6 Å². The van der Waals surface area contributed by atoms with E-state index < -0.39 is 10.0 Å². The first-order chi connectivity index (χ1) is 12.0. The zero-order valence-electron chi connectivity index (χ0n) is 14.2. The Morgan fingerprint density at radius 3 is 2.52 bits per heavy atom. The molecule has 0 amide bonds. The Kier molecular flexibility index (Phi) is 5.11. The summed E-state index contributed by atoms with van der Waals surface area (Å²) < 4.78 is 27.7. The van der Waals surface area contributed by atoms with E-state index in [1.807, 2.05) is 6.92 Å². The number of benzene rings is 1.